The van der Waals surface area contributed by atoms with Crippen LogP contribution in [0.15, 0.2) is 22.7 Å². The summed E-state index contributed by atoms with van der Waals surface area (Å²) in [7, 11) is 0. The Bertz CT molecular complexity index is 505. The molecule has 5 atom stereocenters. The van der Waals surface area contributed by atoms with Crippen molar-refractivity contribution in [1.82, 2.24) is 5.43 Å². The number of nitrogens with two attached hydrogens (primary N) is 1. The fourth-order valence-corrected chi connectivity index (χ4v) is 5.39. The number of hydrogen-bond donors (Lipinski definition) is 2. The minimum atomic E-state index is -0.164. The number of rotatable bonds is 3. The van der Waals surface area contributed by atoms with Crippen LogP contribution >= 0.6 is 15.9 Å². The molecule has 0 amide bonds. The Hall–Kier alpha value is -0.450. The molecule has 4 rings (SSSR count). The zero-order valence-electron chi connectivity index (χ0n) is 10.7. The molecule has 0 aliphatic heterocycles. The minimum Gasteiger partial charge on any atom is -0.271 e. The molecule has 102 valence electrons. The van der Waals surface area contributed by atoms with Crippen molar-refractivity contribution >= 4 is 15.9 Å². The quantitative estimate of drug-likeness (QED) is 0.660. The molecule has 2 bridgehead atoms. The smallest absolute Gasteiger partial charge is 0.142 e. The van der Waals surface area contributed by atoms with E-state index in [1.165, 1.54) is 19.3 Å². The highest BCUT2D eigenvalue weighted by molar-refractivity contribution is 9.10. The van der Waals surface area contributed by atoms with Crippen LogP contribution in [0.5, 0.6) is 0 Å². The van der Waals surface area contributed by atoms with E-state index >= 15 is 0 Å². The van der Waals surface area contributed by atoms with Crippen molar-refractivity contribution < 1.29 is 4.39 Å². The summed E-state index contributed by atoms with van der Waals surface area (Å²) in [6.07, 6.45) is 4.16. The second-order valence-electron chi connectivity index (χ2n) is 6.35. The van der Waals surface area contributed by atoms with Gasteiger partial charge in [0.2, 0.25) is 0 Å². The molecule has 3 aliphatic carbocycles. The van der Waals surface area contributed by atoms with Gasteiger partial charge in [-0.2, -0.15) is 0 Å². The van der Waals surface area contributed by atoms with Gasteiger partial charge in [0, 0.05) is 5.56 Å². The summed E-state index contributed by atoms with van der Waals surface area (Å²) in [5, 5.41) is 0. The van der Waals surface area contributed by atoms with Crippen molar-refractivity contribution in [2.24, 2.45) is 35.4 Å². The molecule has 0 saturated heterocycles. The van der Waals surface area contributed by atoms with Gasteiger partial charge in [0.05, 0.1) is 10.5 Å². The second-order valence-corrected chi connectivity index (χ2v) is 7.21. The van der Waals surface area contributed by atoms with Crippen LogP contribution in [0.4, 0.5) is 4.39 Å². The van der Waals surface area contributed by atoms with Crippen molar-refractivity contribution in [1.29, 1.82) is 0 Å². The van der Waals surface area contributed by atoms with Gasteiger partial charge < -0.3 is 0 Å². The van der Waals surface area contributed by atoms with Gasteiger partial charge in [-0.15, -0.1) is 0 Å². The number of benzene rings is 1. The van der Waals surface area contributed by atoms with E-state index in [-0.39, 0.29) is 11.9 Å². The summed E-state index contributed by atoms with van der Waals surface area (Å²) in [4.78, 5) is 0. The average molecular weight is 325 g/mol. The Balaban J connectivity index is 1.65. The number of hydrogen-bond acceptors (Lipinski definition) is 2. The Morgan fingerprint density at radius 3 is 2.58 bits per heavy atom. The Morgan fingerprint density at radius 1 is 1.26 bits per heavy atom. The molecule has 3 fully saturated rings. The highest BCUT2D eigenvalue weighted by Crippen LogP contribution is 2.72. The van der Waals surface area contributed by atoms with E-state index in [1.54, 1.807) is 6.07 Å². The Morgan fingerprint density at radius 2 is 1.95 bits per heavy atom. The third kappa shape index (κ3) is 1.66. The van der Waals surface area contributed by atoms with Crippen LogP contribution in [0, 0.1) is 35.4 Å². The van der Waals surface area contributed by atoms with Crippen molar-refractivity contribution in [2.45, 2.75) is 25.3 Å². The molecule has 4 heteroatoms. The third-order valence-electron chi connectivity index (χ3n) is 5.68. The van der Waals surface area contributed by atoms with E-state index in [2.05, 4.69) is 21.4 Å². The summed E-state index contributed by atoms with van der Waals surface area (Å²) >= 11 is 3.27. The maximum absolute atomic E-state index is 14.3. The highest BCUT2D eigenvalue weighted by atomic mass is 79.9. The highest BCUT2D eigenvalue weighted by Gasteiger charge is 2.66. The zero-order valence-corrected chi connectivity index (χ0v) is 12.2. The molecule has 3 N–H and O–H groups in total. The third-order valence-corrected chi connectivity index (χ3v) is 6.29. The number of hydrazine groups is 1. The van der Waals surface area contributed by atoms with Crippen molar-refractivity contribution in [3.63, 3.8) is 0 Å². The molecule has 0 radical (unpaired) electrons. The second kappa shape index (κ2) is 4.27. The van der Waals surface area contributed by atoms with Gasteiger partial charge in [-0.25, -0.2) is 4.39 Å². The maximum Gasteiger partial charge on any atom is 0.142 e. The summed E-state index contributed by atoms with van der Waals surface area (Å²) < 4.78 is 14.8. The van der Waals surface area contributed by atoms with Gasteiger partial charge >= 0.3 is 0 Å². The fourth-order valence-electron chi connectivity index (χ4n) is 5.01. The maximum atomic E-state index is 14.3. The van der Waals surface area contributed by atoms with E-state index in [0.29, 0.717) is 10.4 Å². The molecule has 1 aromatic carbocycles. The van der Waals surface area contributed by atoms with E-state index in [4.69, 9.17) is 5.84 Å². The first-order valence-corrected chi connectivity index (χ1v) is 7.91. The standard InChI is InChI=1S/C15H18BrFN2/c16-10-3-1-2-9(14(10)17)15(19-18)13-11-7-4-5-8(6-7)12(11)13/h1-3,7-8,11-13,15,19H,4-6,18H2. The van der Waals surface area contributed by atoms with Gasteiger partial charge in [-0.3, -0.25) is 11.3 Å². The molecular weight excluding hydrogens is 307 g/mol. The van der Waals surface area contributed by atoms with Crippen molar-refractivity contribution in [2.75, 3.05) is 0 Å². The molecule has 0 spiro atoms. The molecule has 0 aromatic heterocycles. The van der Waals surface area contributed by atoms with Crippen LogP contribution in [0.25, 0.3) is 0 Å². The summed E-state index contributed by atoms with van der Waals surface area (Å²) in [5.74, 6) is 9.47. The monoisotopic (exact) mass is 324 g/mol. The molecule has 19 heavy (non-hydrogen) atoms. The lowest BCUT2D eigenvalue weighted by Gasteiger charge is -2.21. The van der Waals surface area contributed by atoms with Crippen molar-refractivity contribution in [3.8, 4) is 0 Å². The molecule has 2 nitrogen and oxygen atoms in total. The Labute approximate surface area is 121 Å². The topological polar surface area (TPSA) is 38.0 Å². The van der Waals surface area contributed by atoms with Crippen LogP contribution < -0.4 is 11.3 Å². The van der Waals surface area contributed by atoms with Gasteiger partial charge in [-0.05, 0) is 70.8 Å². The summed E-state index contributed by atoms with van der Waals surface area (Å²) in [6.45, 7) is 0. The first-order chi connectivity index (χ1) is 9.22. The molecule has 3 saturated carbocycles. The first-order valence-electron chi connectivity index (χ1n) is 7.12. The van der Waals surface area contributed by atoms with Crippen LogP contribution in [-0.2, 0) is 0 Å². The lowest BCUT2D eigenvalue weighted by molar-refractivity contribution is 0.365. The summed E-state index contributed by atoms with van der Waals surface area (Å²) in [6, 6.07) is 5.46. The van der Waals surface area contributed by atoms with Gasteiger partial charge in [0.1, 0.15) is 5.82 Å². The minimum absolute atomic E-state index is 0.0316. The van der Waals surface area contributed by atoms with E-state index < -0.39 is 0 Å². The Kier molecular flexibility index (Phi) is 2.77. The largest absolute Gasteiger partial charge is 0.271 e. The van der Waals surface area contributed by atoms with E-state index in [0.717, 1.165) is 29.2 Å². The van der Waals surface area contributed by atoms with Crippen LogP contribution in [0.2, 0.25) is 0 Å². The van der Waals surface area contributed by atoms with Gasteiger partial charge in [0.25, 0.3) is 0 Å². The predicted octanol–water partition coefficient (Wildman–Crippen LogP) is 3.38. The molecule has 3 aliphatic rings. The average Bonchev–Trinajstić information content (AvgIpc) is 2.82. The summed E-state index contributed by atoms with van der Waals surface area (Å²) in [5.41, 5.74) is 3.60. The molecule has 1 aromatic rings. The van der Waals surface area contributed by atoms with E-state index in [1.807, 2.05) is 12.1 Å². The van der Waals surface area contributed by atoms with Crippen LogP contribution in [-0.4, -0.2) is 0 Å². The van der Waals surface area contributed by atoms with Gasteiger partial charge in [-0.1, -0.05) is 12.1 Å². The number of nitrogens with one attached hydrogen (secondary N) is 1. The number of fused-ring (bicyclic) bond motifs is 5. The lowest BCUT2D eigenvalue weighted by Crippen LogP contribution is -2.32. The fraction of sp³-hybridized carbons (Fsp3) is 0.600. The predicted molar refractivity (Wildman–Crippen MR) is 75.5 cm³/mol. The normalized spacial score (nSPS) is 40.3. The van der Waals surface area contributed by atoms with Crippen LogP contribution in [0.1, 0.15) is 30.9 Å². The first kappa shape index (κ1) is 12.3. The zero-order chi connectivity index (χ0) is 13.1. The number of halogens is 2. The molecule has 0 heterocycles. The molecule has 5 unspecified atom stereocenters. The van der Waals surface area contributed by atoms with Crippen LogP contribution in [0.3, 0.4) is 0 Å². The molecular formula is C15H18BrFN2. The van der Waals surface area contributed by atoms with Crippen molar-refractivity contribution in [3.05, 3.63) is 34.1 Å². The van der Waals surface area contributed by atoms with E-state index in [9.17, 15) is 4.39 Å². The van der Waals surface area contributed by atoms with Gasteiger partial charge in [0.15, 0.2) is 0 Å². The SMILES string of the molecule is NNC(c1cccc(Br)c1F)C1C2C3CCC(C3)C21. The lowest BCUT2D eigenvalue weighted by atomic mass is 9.93.